The quantitative estimate of drug-likeness (QED) is 0.797. The van der Waals surface area contributed by atoms with Crippen LogP contribution in [-0.4, -0.2) is 39.8 Å². The van der Waals surface area contributed by atoms with Crippen LogP contribution in [0.15, 0.2) is 24.4 Å². The summed E-state index contributed by atoms with van der Waals surface area (Å²) >= 11 is 0. The fourth-order valence-corrected chi connectivity index (χ4v) is 5.08. The van der Waals surface area contributed by atoms with Gasteiger partial charge >= 0.3 is 0 Å². The van der Waals surface area contributed by atoms with Gasteiger partial charge in [-0.05, 0) is 48.9 Å². The number of aromatic nitrogens is 2. The summed E-state index contributed by atoms with van der Waals surface area (Å²) in [5.41, 5.74) is 3.64. The molecule has 1 fully saturated rings. The molecule has 0 radical (unpaired) electrons. The van der Waals surface area contributed by atoms with Gasteiger partial charge in [0, 0.05) is 37.7 Å². The first-order chi connectivity index (χ1) is 14.2. The Morgan fingerprint density at radius 3 is 2.79 bits per heavy atom. The van der Waals surface area contributed by atoms with Crippen molar-refractivity contribution in [2.75, 3.05) is 13.2 Å². The number of hydrogen-bond donors (Lipinski definition) is 0. The van der Waals surface area contributed by atoms with Crippen LogP contribution in [0.5, 0.6) is 11.5 Å². The van der Waals surface area contributed by atoms with Crippen molar-refractivity contribution in [1.29, 1.82) is 0 Å². The summed E-state index contributed by atoms with van der Waals surface area (Å²) in [6.07, 6.45) is 9.27. The van der Waals surface area contributed by atoms with Crippen LogP contribution in [0.1, 0.15) is 48.9 Å². The second-order valence-corrected chi connectivity index (χ2v) is 8.56. The van der Waals surface area contributed by atoms with Gasteiger partial charge in [-0.3, -0.25) is 9.48 Å². The Bertz CT molecular complexity index is 901. The summed E-state index contributed by atoms with van der Waals surface area (Å²) in [7, 11) is 1.98. The molecule has 0 N–H and O–H groups in total. The van der Waals surface area contributed by atoms with Crippen molar-refractivity contribution in [1.82, 2.24) is 14.7 Å². The zero-order chi connectivity index (χ0) is 19.8. The maximum atomic E-state index is 13.7. The summed E-state index contributed by atoms with van der Waals surface area (Å²) in [6.45, 7) is 1.82. The van der Waals surface area contributed by atoms with Crippen LogP contribution in [0, 0.1) is 5.92 Å². The molecule has 0 bridgehead atoms. The highest BCUT2D eigenvalue weighted by atomic mass is 16.6. The van der Waals surface area contributed by atoms with E-state index in [0.717, 1.165) is 49.2 Å². The largest absolute Gasteiger partial charge is 0.486 e. The van der Waals surface area contributed by atoms with Gasteiger partial charge in [0.15, 0.2) is 11.5 Å². The van der Waals surface area contributed by atoms with Gasteiger partial charge in [0.1, 0.15) is 13.2 Å². The van der Waals surface area contributed by atoms with Crippen LogP contribution in [-0.2, 0) is 31.2 Å². The van der Waals surface area contributed by atoms with E-state index in [1.807, 2.05) is 30.1 Å². The average molecular weight is 396 g/mol. The Morgan fingerprint density at radius 2 is 1.97 bits per heavy atom. The second kappa shape index (κ2) is 7.73. The molecular formula is C23H29N3O3. The van der Waals surface area contributed by atoms with Crippen molar-refractivity contribution in [3.8, 4) is 11.5 Å². The predicted octanol–water partition coefficient (Wildman–Crippen LogP) is 3.27. The van der Waals surface area contributed by atoms with Crippen LogP contribution >= 0.6 is 0 Å². The zero-order valence-corrected chi connectivity index (χ0v) is 17.1. The van der Waals surface area contributed by atoms with Gasteiger partial charge in [-0.1, -0.05) is 18.9 Å². The SMILES string of the molecule is Cn1ncc2c1C[C@H](C(=O)N(Cc1ccc3c(c1)OCCO3)C1CCCC1)CC2. The number of benzene rings is 1. The average Bonchev–Trinajstić information content (AvgIpc) is 3.41. The third-order valence-electron chi connectivity index (χ3n) is 6.71. The Labute approximate surface area is 171 Å². The van der Waals surface area contributed by atoms with Gasteiger partial charge in [0.05, 0.1) is 6.20 Å². The summed E-state index contributed by atoms with van der Waals surface area (Å²) in [5.74, 6) is 1.95. The number of nitrogens with zero attached hydrogens (tertiary/aromatic N) is 3. The number of fused-ring (bicyclic) bond motifs is 2. The molecule has 2 aromatic rings. The van der Waals surface area contributed by atoms with E-state index in [1.54, 1.807) is 0 Å². The highest BCUT2D eigenvalue weighted by molar-refractivity contribution is 5.80. The van der Waals surface area contributed by atoms with Gasteiger partial charge in [0.25, 0.3) is 0 Å². The molecule has 1 saturated carbocycles. The number of ether oxygens (including phenoxy) is 2. The van der Waals surface area contributed by atoms with E-state index in [1.165, 1.54) is 24.1 Å². The van der Waals surface area contributed by atoms with E-state index in [0.29, 0.717) is 31.7 Å². The van der Waals surface area contributed by atoms with E-state index in [-0.39, 0.29) is 5.92 Å². The third-order valence-corrected chi connectivity index (χ3v) is 6.71. The van der Waals surface area contributed by atoms with E-state index >= 15 is 0 Å². The molecule has 0 spiro atoms. The molecule has 154 valence electrons. The molecule has 0 unspecified atom stereocenters. The van der Waals surface area contributed by atoms with E-state index in [2.05, 4.69) is 16.1 Å². The molecular weight excluding hydrogens is 366 g/mol. The van der Waals surface area contributed by atoms with Crippen LogP contribution in [0.4, 0.5) is 0 Å². The molecule has 2 aliphatic carbocycles. The third kappa shape index (κ3) is 3.61. The van der Waals surface area contributed by atoms with Gasteiger partial charge < -0.3 is 14.4 Å². The first-order valence-electron chi connectivity index (χ1n) is 10.9. The molecule has 1 aliphatic heterocycles. The number of amides is 1. The van der Waals surface area contributed by atoms with E-state index in [9.17, 15) is 4.79 Å². The fourth-order valence-electron chi connectivity index (χ4n) is 5.08. The predicted molar refractivity (Wildman–Crippen MR) is 109 cm³/mol. The lowest BCUT2D eigenvalue weighted by Crippen LogP contribution is -2.43. The summed E-state index contributed by atoms with van der Waals surface area (Å²) in [6, 6.07) is 6.44. The highest BCUT2D eigenvalue weighted by Gasteiger charge is 2.34. The normalized spacial score (nSPS) is 21.1. The lowest BCUT2D eigenvalue weighted by molar-refractivity contribution is -0.139. The molecule has 1 amide bonds. The number of rotatable bonds is 4. The molecule has 3 aliphatic rings. The molecule has 0 saturated heterocycles. The maximum Gasteiger partial charge on any atom is 0.226 e. The number of carbonyl (C=O) groups is 1. The number of carbonyl (C=O) groups excluding carboxylic acids is 1. The number of hydrogen-bond acceptors (Lipinski definition) is 4. The van der Waals surface area contributed by atoms with Crippen molar-refractivity contribution in [3.05, 3.63) is 41.2 Å². The molecule has 1 aromatic heterocycles. The lowest BCUT2D eigenvalue weighted by Gasteiger charge is -2.34. The molecule has 5 rings (SSSR count). The first kappa shape index (κ1) is 18.5. The van der Waals surface area contributed by atoms with Crippen LogP contribution < -0.4 is 9.47 Å². The minimum Gasteiger partial charge on any atom is -0.486 e. The lowest BCUT2D eigenvalue weighted by atomic mass is 9.86. The monoisotopic (exact) mass is 395 g/mol. The summed E-state index contributed by atoms with van der Waals surface area (Å²) < 4.78 is 13.3. The minimum absolute atomic E-state index is 0.0516. The maximum absolute atomic E-state index is 13.7. The van der Waals surface area contributed by atoms with E-state index < -0.39 is 0 Å². The Morgan fingerprint density at radius 1 is 1.17 bits per heavy atom. The van der Waals surface area contributed by atoms with Crippen molar-refractivity contribution in [3.63, 3.8) is 0 Å². The van der Waals surface area contributed by atoms with Crippen molar-refractivity contribution >= 4 is 5.91 Å². The van der Waals surface area contributed by atoms with Crippen molar-refractivity contribution < 1.29 is 14.3 Å². The zero-order valence-electron chi connectivity index (χ0n) is 17.1. The summed E-state index contributed by atoms with van der Waals surface area (Å²) in [4.78, 5) is 15.8. The smallest absolute Gasteiger partial charge is 0.226 e. The molecule has 1 aromatic carbocycles. The Balaban J connectivity index is 1.37. The summed E-state index contributed by atoms with van der Waals surface area (Å²) in [5, 5.41) is 4.39. The highest BCUT2D eigenvalue weighted by Crippen LogP contribution is 2.34. The van der Waals surface area contributed by atoms with Gasteiger partial charge in [-0.2, -0.15) is 5.10 Å². The van der Waals surface area contributed by atoms with Gasteiger partial charge in [-0.15, -0.1) is 0 Å². The number of aryl methyl sites for hydroxylation is 2. The minimum atomic E-state index is 0.0516. The van der Waals surface area contributed by atoms with Gasteiger partial charge in [0.2, 0.25) is 5.91 Å². The topological polar surface area (TPSA) is 56.6 Å². The van der Waals surface area contributed by atoms with Crippen LogP contribution in [0.3, 0.4) is 0 Å². The van der Waals surface area contributed by atoms with Gasteiger partial charge in [-0.25, -0.2) is 0 Å². The molecule has 29 heavy (non-hydrogen) atoms. The van der Waals surface area contributed by atoms with Crippen molar-refractivity contribution in [2.24, 2.45) is 13.0 Å². The second-order valence-electron chi connectivity index (χ2n) is 8.56. The molecule has 6 nitrogen and oxygen atoms in total. The van der Waals surface area contributed by atoms with Crippen molar-refractivity contribution in [2.45, 2.75) is 57.5 Å². The first-order valence-corrected chi connectivity index (χ1v) is 10.9. The molecule has 6 heteroatoms. The Kier molecular flexibility index (Phi) is 4.94. The van der Waals surface area contributed by atoms with Crippen LogP contribution in [0.2, 0.25) is 0 Å². The molecule has 2 heterocycles. The standard InChI is InChI=1S/C23H29N3O3/c1-25-20-13-17(7-8-18(20)14-24-25)23(27)26(19-4-2-3-5-19)15-16-6-9-21-22(12-16)29-11-10-28-21/h6,9,12,14,17,19H,2-5,7-8,10-11,13,15H2,1H3/t17-/m1/s1. The van der Waals surface area contributed by atoms with E-state index in [4.69, 9.17) is 9.47 Å². The Hall–Kier alpha value is -2.50. The molecule has 1 atom stereocenters. The van der Waals surface area contributed by atoms with Crippen LogP contribution in [0.25, 0.3) is 0 Å². The fraction of sp³-hybridized carbons (Fsp3) is 0.565.